The Labute approximate surface area is 125 Å². The van der Waals surface area contributed by atoms with Crippen molar-refractivity contribution < 1.29 is 5.11 Å². The summed E-state index contributed by atoms with van der Waals surface area (Å²) in [5.74, 6) is 0. The molecule has 0 aliphatic carbocycles. The van der Waals surface area contributed by atoms with Crippen molar-refractivity contribution in [1.82, 2.24) is 9.78 Å². The topological polar surface area (TPSA) is 38.0 Å². The van der Waals surface area contributed by atoms with Crippen LogP contribution in [0.5, 0.6) is 0 Å². The summed E-state index contributed by atoms with van der Waals surface area (Å²) >= 11 is 8.17. The van der Waals surface area contributed by atoms with E-state index in [1.165, 1.54) is 0 Å². The molecule has 2 aromatic rings. The lowest BCUT2D eigenvalue weighted by molar-refractivity contribution is 0.177. The van der Waals surface area contributed by atoms with Crippen molar-refractivity contribution in [2.24, 2.45) is 0 Å². The highest BCUT2D eigenvalue weighted by atomic mass is 127. The fraction of sp³-hybridized carbons (Fsp3) is 0.308. The predicted molar refractivity (Wildman–Crippen MR) is 80.7 cm³/mol. The minimum atomic E-state index is -0.551. The molecule has 1 unspecified atom stereocenters. The van der Waals surface area contributed by atoms with Gasteiger partial charge in [-0.2, -0.15) is 5.10 Å². The first-order chi connectivity index (χ1) is 8.60. The van der Waals surface area contributed by atoms with Crippen molar-refractivity contribution in [3.05, 3.63) is 50.3 Å². The molecule has 0 saturated carbocycles. The number of aliphatic hydroxyl groups excluding tert-OH is 1. The zero-order valence-electron chi connectivity index (χ0n) is 9.98. The fourth-order valence-corrected chi connectivity index (χ4v) is 2.66. The zero-order valence-corrected chi connectivity index (χ0v) is 12.9. The maximum Gasteiger partial charge on any atom is 0.0842 e. The van der Waals surface area contributed by atoms with E-state index < -0.39 is 6.10 Å². The molecule has 3 nitrogen and oxygen atoms in total. The lowest BCUT2D eigenvalue weighted by Crippen LogP contribution is -2.03. The Morgan fingerprint density at radius 1 is 1.50 bits per heavy atom. The van der Waals surface area contributed by atoms with Gasteiger partial charge >= 0.3 is 0 Å². The van der Waals surface area contributed by atoms with E-state index in [1.807, 2.05) is 36.0 Å². The molecule has 0 aliphatic rings. The van der Waals surface area contributed by atoms with E-state index in [0.29, 0.717) is 11.4 Å². The first-order valence-electron chi connectivity index (χ1n) is 5.74. The van der Waals surface area contributed by atoms with Crippen LogP contribution in [-0.2, 0) is 13.0 Å². The van der Waals surface area contributed by atoms with E-state index >= 15 is 0 Å². The molecule has 96 valence electrons. The molecule has 0 fully saturated rings. The summed E-state index contributed by atoms with van der Waals surface area (Å²) in [5, 5.41) is 15.1. The molecule has 1 aromatic heterocycles. The maximum absolute atomic E-state index is 10.3. The van der Waals surface area contributed by atoms with Gasteiger partial charge in [0, 0.05) is 27.8 Å². The van der Waals surface area contributed by atoms with Crippen LogP contribution < -0.4 is 0 Å². The van der Waals surface area contributed by atoms with Crippen LogP contribution >= 0.6 is 34.2 Å². The molecule has 0 spiro atoms. The van der Waals surface area contributed by atoms with Gasteiger partial charge in [-0.15, -0.1) is 0 Å². The van der Waals surface area contributed by atoms with Gasteiger partial charge in [-0.25, -0.2) is 0 Å². The second-order valence-electron chi connectivity index (χ2n) is 4.09. The molecule has 0 saturated heterocycles. The average molecular weight is 377 g/mol. The lowest BCUT2D eigenvalue weighted by Gasteiger charge is -2.12. The minimum Gasteiger partial charge on any atom is -0.388 e. The van der Waals surface area contributed by atoms with Crippen LogP contribution in [0.3, 0.4) is 0 Å². The normalized spacial score (nSPS) is 12.7. The zero-order chi connectivity index (χ0) is 13.1. The molecular weight excluding hydrogens is 363 g/mol. The average Bonchev–Trinajstić information content (AvgIpc) is 2.80. The van der Waals surface area contributed by atoms with Crippen LogP contribution in [-0.4, -0.2) is 14.9 Å². The van der Waals surface area contributed by atoms with Crippen molar-refractivity contribution in [3.8, 4) is 0 Å². The Morgan fingerprint density at radius 3 is 2.94 bits per heavy atom. The SMILES string of the molecule is CCn1cc(CC(O)c2cc(Cl)ccc2I)cn1. The summed E-state index contributed by atoms with van der Waals surface area (Å²) in [6, 6.07) is 5.56. The van der Waals surface area contributed by atoms with E-state index in [9.17, 15) is 5.11 Å². The van der Waals surface area contributed by atoms with E-state index in [2.05, 4.69) is 27.7 Å². The van der Waals surface area contributed by atoms with Crippen molar-refractivity contribution in [2.75, 3.05) is 0 Å². The maximum atomic E-state index is 10.3. The number of rotatable bonds is 4. The van der Waals surface area contributed by atoms with Crippen molar-refractivity contribution in [1.29, 1.82) is 0 Å². The third kappa shape index (κ3) is 3.24. The number of benzene rings is 1. The Balaban J connectivity index is 2.16. The van der Waals surface area contributed by atoms with Crippen LogP contribution in [0.4, 0.5) is 0 Å². The highest BCUT2D eigenvalue weighted by Gasteiger charge is 2.13. The van der Waals surface area contributed by atoms with Crippen LogP contribution in [0.25, 0.3) is 0 Å². The Kier molecular flexibility index (Phi) is 4.64. The van der Waals surface area contributed by atoms with Gasteiger partial charge in [0.1, 0.15) is 0 Å². The number of hydrogen-bond donors (Lipinski definition) is 1. The standard InChI is InChI=1S/C13H14ClIN2O/c1-2-17-8-9(7-16-17)5-13(18)11-6-10(14)3-4-12(11)15/h3-4,6-8,13,18H,2,5H2,1H3. The highest BCUT2D eigenvalue weighted by molar-refractivity contribution is 14.1. The molecule has 0 amide bonds. The van der Waals surface area contributed by atoms with Crippen LogP contribution in [0.1, 0.15) is 24.2 Å². The Bertz CT molecular complexity index is 542. The monoisotopic (exact) mass is 376 g/mol. The van der Waals surface area contributed by atoms with Crippen LogP contribution in [0.15, 0.2) is 30.6 Å². The molecule has 18 heavy (non-hydrogen) atoms. The molecule has 1 heterocycles. The summed E-state index contributed by atoms with van der Waals surface area (Å²) in [7, 11) is 0. The van der Waals surface area contributed by atoms with E-state index in [1.54, 1.807) is 6.20 Å². The molecule has 2 rings (SSSR count). The smallest absolute Gasteiger partial charge is 0.0842 e. The van der Waals surface area contributed by atoms with Gasteiger partial charge in [-0.05, 0) is 58.8 Å². The molecule has 1 atom stereocenters. The Hall–Kier alpha value is -0.590. The summed E-state index contributed by atoms with van der Waals surface area (Å²) in [5.41, 5.74) is 1.90. The first-order valence-corrected chi connectivity index (χ1v) is 7.20. The number of aliphatic hydroxyl groups is 1. The largest absolute Gasteiger partial charge is 0.388 e. The second kappa shape index (κ2) is 6.04. The van der Waals surface area contributed by atoms with Gasteiger partial charge in [-0.1, -0.05) is 11.6 Å². The van der Waals surface area contributed by atoms with Crippen LogP contribution in [0.2, 0.25) is 5.02 Å². The van der Waals surface area contributed by atoms with Gasteiger partial charge in [-0.3, -0.25) is 4.68 Å². The van der Waals surface area contributed by atoms with Crippen LogP contribution in [0, 0.1) is 3.57 Å². The summed E-state index contributed by atoms with van der Waals surface area (Å²) in [6.07, 6.45) is 3.76. The first kappa shape index (κ1) is 13.8. The fourth-order valence-electron chi connectivity index (χ4n) is 1.79. The molecule has 0 radical (unpaired) electrons. The molecule has 1 aromatic carbocycles. The molecule has 0 aliphatic heterocycles. The molecule has 0 bridgehead atoms. The van der Waals surface area contributed by atoms with Crippen molar-refractivity contribution in [3.63, 3.8) is 0 Å². The summed E-state index contributed by atoms with van der Waals surface area (Å²) in [6.45, 7) is 2.87. The molecule has 5 heteroatoms. The predicted octanol–water partition coefficient (Wildman–Crippen LogP) is 3.44. The van der Waals surface area contributed by atoms with Gasteiger partial charge in [0.15, 0.2) is 0 Å². The van der Waals surface area contributed by atoms with E-state index in [0.717, 1.165) is 21.2 Å². The van der Waals surface area contributed by atoms with Crippen molar-refractivity contribution >= 4 is 34.2 Å². The summed E-state index contributed by atoms with van der Waals surface area (Å²) < 4.78 is 2.87. The second-order valence-corrected chi connectivity index (χ2v) is 5.69. The number of aromatic nitrogens is 2. The highest BCUT2D eigenvalue weighted by Crippen LogP contribution is 2.26. The van der Waals surface area contributed by atoms with Gasteiger partial charge in [0.2, 0.25) is 0 Å². The number of hydrogen-bond acceptors (Lipinski definition) is 2. The molecular formula is C13H14ClIN2O. The number of halogens is 2. The van der Waals surface area contributed by atoms with Gasteiger partial charge in [0.25, 0.3) is 0 Å². The van der Waals surface area contributed by atoms with Gasteiger partial charge < -0.3 is 5.11 Å². The Morgan fingerprint density at radius 2 is 2.28 bits per heavy atom. The minimum absolute atomic E-state index is 0.551. The van der Waals surface area contributed by atoms with Crippen molar-refractivity contribution in [2.45, 2.75) is 26.0 Å². The van der Waals surface area contributed by atoms with E-state index in [-0.39, 0.29) is 0 Å². The molecule has 1 N–H and O–H groups in total. The van der Waals surface area contributed by atoms with E-state index in [4.69, 9.17) is 11.6 Å². The summed E-state index contributed by atoms with van der Waals surface area (Å²) in [4.78, 5) is 0. The number of nitrogens with zero attached hydrogens (tertiary/aromatic N) is 2. The number of aryl methyl sites for hydroxylation is 1. The third-order valence-corrected chi connectivity index (χ3v) is 3.97. The lowest BCUT2D eigenvalue weighted by atomic mass is 10.0. The third-order valence-electron chi connectivity index (χ3n) is 2.76. The van der Waals surface area contributed by atoms with Gasteiger partial charge in [0.05, 0.1) is 12.3 Å². The quantitative estimate of drug-likeness (QED) is 0.830.